The van der Waals surface area contributed by atoms with Gasteiger partial charge in [0, 0.05) is 32.8 Å². The van der Waals surface area contributed by atoms with Crippen molar-refractivity contribution >= 4 is 5.96 Å². The number of guanidine groups is 1. The van der Waals surface area contributed by atoms with Crippen molar-refractivity contribution in [2.75, 3.05) is 46.5 Å². The van der Waals surface area contributed by atoms with Crippen LogP contribution in [0.4, 0.5) is 8.78 Å². The molecular weight excluding hydrogens is 344 g/mol. The highest BCUT2D eigenvalue weighted by Gasteiger charge is 2.32. The Hall–Kier alpha value is -1.93. The zero-order valence-corrected chi connectivity index (χ0v) is 14.9. The van der Waals surface area contributed by atoms with Crippen molar-refractivity contribution in [1.29, 1.82) is 0 Å². The molecule has 2 heterocycles. The van der Waals surface area contributed by atoms with Gasteiger partial charge in [0.2, 0.25) is 0 Å². The van der Waals surface area contributed by atoms with Gasteiger partial charge in [-0.1, -0.05) is 0 Å². The van der Waals surface area contributed by atoms with E-state index in [4.69, 9.17) is 14.2 Å². The third-order valence-corrected chi connectivity index (χ3v) is 4.52. The highest BCUT2D eigenvalue weighted by molar-refractivity contribution is 5.80. The second kappa shape index (κ2) is 9.14. The molecule has 2 aliphatic rings. The van der Waals surface area contributed by atoms with Crippen molar-refractivity contribution < 1.29 is 23.0 Å². The Morgan fingerprint density at radius 1 is 1.31 bits per heavy atom. The smallest absolute Gasteiger partial charge is 0.193 e. The van der Waals surface area contributed by atoms with Gasteiger partial charge in [-0.25, -0.2) is 8.78 Å². The van der Waals surface area contributed by atoms with Crippen LogP contribution in [-0.4, -0.2) is 69.6 Å². The molecule has 1 N–H and O–H groups in total. The predicted molar refractivity (Wildman–Crippen MR) is 93.5 cm³/mol. The minimum absolute atomic E-state index is 0.0352. The van der Waals surface area contributed by atoms with Crippen LogP contribution in [0.5, 0.6) is 5.75 Å². The fourth-order valence-electron chi connectivity index (χ4n) is 3.24. The van der Waals surface area contributed by atoms with Crippen LogP contribution < -0.4 is 10.1 Å². The summed E-state index contributed by atoms with van der Waals surface area (Å²) in [5.74, 6) is -0.545. The molecule has 2 atom stereocenters. The molecule has 0 bridgehead atoms. The summed E-state index contributed by atoms with van der Waals surface area (Å²) in [4.78, 5) is 6.44. The van der Waals surface area contributed by atoms with Crippen LogP contribution in [0.1, 0.15) is 12.8 Å². The summed E-state index contributed by atoms with van der Waals surface area (Å²) in [6.07, 6.45) is 2.31. The maximum absolute atomic E-state index is 13.5. The van der Waals surface area contributed by atoms with E-state index in [2.05, 4.69) is 15.2 Å². The van der Waals surface area contributed by atoms with E-state index < -0.39 is 11.6 Å². The zero-order valence-electron chi connectivity index (χ0n) is 14.9. The molecule has 2 aliphatic heterocycles. The third kappa shape index (κ3) is 4.82. The first-order valence-electron chi connectivity index (χ1n) is 8.94. The van der Waals surface area contributed by atoms with E-state index in [0.29, 0.717) is 13.2 Å². The average Bonchev–Trinajstić information content (AvgIpc) is 3.18. The Morgan fingerprint density at radius 2 is 2.15 bits per heavy atom. The van der Waals surface area contributed by atoms with E-state index in [1.54, 1.807) is 7.05 Å². The number of rotatable bonds is 5. The normalized spacial score (nSPS) is 24.0. The van der Waals surface area contributed by atoms with E-state index >= 15 is 0 Å². The highest BCUT2D eigenvalue weighted by Crippen LogP contribution is 2.21. The zero-order chi connectivity index (χ0) is 18.4. The highest BCUT2D eigenvalue weighted by atomic mass is 19.1. The van der Waals surface area contributed by atoms with E-state index in [0.717, 1.165) is 44.6 Å². The molecule has 1 aromatic carbocycles. The quantitative estimate of drug-likeness (QED) is 0.487. The van der Waals surface area contributed by atoms with Crippen molar-refractivity contribution in [3.63, 3.8) is 0 Å². The molecule has 8 heteroatoms. The molecule has 2 fully saturated rings. The summed E-state index contributed by atoms with van der Waals surface area (Å²) in [6, 6.07) is 3.26. The number of benzene rings is 1. The lowest BCUT2D eigenvalue weighted by Crippen LogP contribution is -2.53. The number of halogens is 2. The summed E-state index contributed by atoms with van der Waals surface area (Å²) in [7, 11) is 1.72. The van der Waals surface area contributed by atoms with Gasteiger partial charge in [-0.15, -0.1) is 0 Å². The molecule has 26 heavy (non-hydrogen) atoms. The summed E-state index contributed by atoms with van der Waals surface area (Å²) in [5.41, 5.74) is 0. The molecule has 2 unspecified atom stereocenters. The third-order valence-electron chi connectivity index (χ3n) is 4.52. The lowest BCUT2D eigenvalue weighted by atomic mass is 10.1. The lowest BCUT2D eigenvalue weighted by Gasteiger charge is -2.37. The van der Waals surface area contributed by atoms with Crippen LogP contribution in [-0.2, 0) is 9.47 Å². The molecular formula is C18H25F2N3O3. The number of hydrogen-bond acceptors (Lipinski definition) is 4. The summed E-state index contributed by atoms with van der Waals surface area (Å²) >= 11 is 0. The minimum atomic E-state index is -0.707. The van der Waals surface area contributed by atoms with Gasteiger partial charge in [0.25, 0.3) is 0 Å². The van der Waals surface area contributed by atoms with Crippen molar-refractivity contribution in [2.24, 2.45) is 4.99 Å². The number of nitrogens with one attached hydrogen (secondary N) is 1. The number of ether oxygens (including phenoxy) is 3. The van der Waals surface area contributed by atoms with E-state index in [9.17, 15) is 8.78 Å². The molecule has 0 saturated carbocycles. The SMILES string of the molecule is CN=C(NCCOc1ccc(F)cc1F)N1CCOC(C2CCCO2)C1. The molecule has 0 aromatic heterocycles. The fourth-order valence-corrected chi connectivity index (χ4v) is 3.24. The van der Waals surface area contributed by atoms with Gasteiger partial charge in [-0.05, 0) is 25.0 Å². The average molecular weight is 369 g/mol. The monoisotopic (exact) mass is 369 g/mol. The molecule has 0 spiro atoms. The van der Waals surface area contributed by atoms with Gasteiger partial charge in [-0.3, -0.25) is 4.99 Å². The standard InChI is InChI=1S/C18H25F2N3O3/c1-21-18(22-6-9-25-15-5-4-13(19)11-14(15)20)23-7-10-26-17(12-23)16-3-2-8-24-16/h4-5,11,16-17H,2-3,6-10,12H2,1H3,(H,21,22). The van der Waals surface area contributed by atoms with Crippen LogP contribution in [0.2, 0.25) is 0 Å². The molecule has 144 valence electrons. The number of aliphatic imine (C=N–C) groups is 1. The van der Waals surface area contributed by atoms with Gasteiger partial charge >= 0.3 is 0 Å². The van der Waals surface area contributed by atoms with Crippen molar-refractivity contribution in [3.05, 3.63) is 29.8 Å². The first-order valence-corrected chi connectivity index (χ1v) is 8.94. The van der Waals surface area contributed by atoms with Crippen molar-refractivity contribution in [3.8, 4) is 5.75 Å². The summed E-state index contributed by atoms with van der Waals surface area (Å²) in [5, 5.41) is 3.21. The Bertz CT molecular complexity index is 624. The predicted octanol–water partition coefficient (Wildman–Crippen LogP) is 1.80. The molecule has 3 rings (SSSR count). The van der Waals surface area contributed by atoms with Crippen LogP contribution in [0.3, 0.4) is 0 Å². The van der Waals surface area contributed by atoms with Crippen molar-refractivity contribution in [1.82, 2.24) is 10.2 Å². The largest absolute Gasteiger partial charge is 0.489 e. The molecule has 6 nitrogen and oxygen atoms in total. The molecule has 1 aromatic rings. The van der Waals surface area contributed by atoms with Gasteiger partial charge in [-0.2, -0.15) is 0 Å². The van der Waals surface area contributed by atoms with E-state index in [-0.39, 0.29) is 24.6 Å². The number of hydrogen-bond donors (Lipinski definition) is 1. The minimum Gasteiger partial charge on any atom is -0.489 e. The second-order valence-electron chi connectivity index (χ2n) is 6.30. The van der Waals surface area contributed by atoms with Crippen LogP contribution in [0.15, 0.2) is 23.2 Å². The van der Waals surface area contributed by atoms with Crippen molar-refractivity contribution in [2.45, 2.75) is 25.0 Å². The van der Waals surface area contributed by atoms with Gasteiger partial charge in [0.15, 0.2) is 17.5 Å². The molecule has 0 aliphatic carbocycles. The van der Waals surface area contributed by atoms with Crippen LogP contribution in [0.25, 0.3) is 0 Å². The van der Waals surface area contributed by atoms with E-state index in [1.807, 2.05) is 0 Å². The van der Waals surface area contributed by atoms with Gasteiger partial charge < -0.3 is 24.4 Å². The van der Waals surface area contributed by atoms with Crippen LogP contribution >= 0.6 is 0 Å². The molecule has 2 saturated heterocycles. The summed E-state index contributed by atoms with van der Waals surface area (Å²) in [6.45, 7) is 3.58. The van der Waals surface area contributed by atoms with Gasteiger partial charge in [0.1, 0.15) is 18.5 Å². The molecule has 0 radical (unpaired) electrons. The lowest BCUT2D eigenvalue weighted by molar-refractivity contribution is -0.0817. The summed E-state index contributed by atoms with van der Waals surface area (Å²) < 4.78 is 43.4. The first kappa shape index (κ1) is 18.8. The Balaban J connectivity index is 1.45. The fraction of sp³-hybridized carbons (Fsp3) is 0.611. The number of nitrogens with zero attached hydrogens (tertiary/aromatic N) is 2. The Kier molecular flexibility index (Phi) is 6.62. The topological polar surface area (TPSA) is 55.3 Å². The number of morpholine rings is 1. The maximum atomic E-state index is 13.5. The maximum Gasteiger partial charge on any atom is 0.193 e. The van der Waals surface area contributed by atoms with E-state index in [1.165, 1.54) is 12.1 Å². The second-order valence-corrected chi connectivity index (χ2v) is 6.30. The van der Waals surface area contributed by atoms with Crippen LogP contribution in [0, 0.1) is 11.6 Å². The molecule has 0 amide bonds. The van der Waals surface area contributed by atoms with Gasteiger partial charge in [0.05, 0.1) is 19.3 Å². The Labute approximate surface area is 152 Å². The first-order chi connectivity index (χ1) is 12.7. The Morgan fingerprint density at radius 3 is 2.88 bits per heavy atom.